The van der Waals surface area contributed by atoms with Gasteiger partial charge in [-0.1, -0.05) is 43.3 Å². The number of aryl methyl sites for hydroxylation is 1. The van der Waals surface area contributed by atoms with Crippen molar-refractivity contribution in [2.75, 3.05) is 26.2 Å². The summed E-state index contributed by atoms with van der Waals surface area (Å²) in [5.74, 6) is 1.79. The van der Waals surface area contributed by atoms with Crippen LogP contribution in [0.4, 0.5) is 0 Å². The first-order valence-corrected chi connectivity index (χ1v) is 12.4. The Hall–Kier alpha value is -2.76. The Morgan fingerprint density at radius 2 is 1.81 bits per heavy atom. The second kappa shape index (κ2) is 9.80. The summed E-state index contributed by atoms with van der Waals surface area (Å²) in [4.78, 5) is 12.1. The summed E-state index contributed by atoms with van der Waals surface area (Å²) in [6, 6.07) is 17.0. The number of likely N-dealkylation sites (tertiary alicyclic amines) is 1. The fraction of sp³-hybridized carbons (Fsp3) is 0.333. The van der Waals surface area contributed by atoms with Crippen LogP contribution in [0.1, 0.15) is 36.7 Å². The minimum atomic E-state index is 0.717. The number of hydrogen-bond acceptors (Lipinski definition) is 5. The third kappa shape index (κ3) is 4.69. The standard InChI is InChI=1S/C27H29N3OS/c1-2-21-7-3-4-8-23(21)24-19-32-25-18-28-26(29-27(24)25)17-20-9-11-22(12-10-20)31-16-15-30-13-5-6-14-30/h3-4,7-12,18-19H,2,5-6,13-17H2,1H3. The Balaban J connectivity index is 1.29. The van der Waals surface area contributed by atoms with Crippen LogP contribution in [0, 0.1) is 0 Å². The molecule has 4 aromatic rings. The van der Waals surface area contributed by atoms with Crippen LogP contribution >= 0.6 is 11.3 Å². The van der Waals surface area contributed by atoms with Crippen molar-refractivity contribution < 1.29 is 4.74 Å². The molecule has 1 fully saturated rings. The summed E-state index contributed by atoms with van der Waals surface area (Å²) in [5, 5.41) is 2.21. The Bertz CT molecular complexity index is 1180. The number of ether oxygens (including phenoxy) is 1. The maximum atomic E-state index is 5.94. The number of nitrogens with zero attached hydrogens (tertiary/aromatic N) is 3. The average molecular weight is 444 g/mol. The third-order valence-electron chi connectivity index (χ3n) is 6.21. The van der Waals surface area contributed by atoms with Gasteiger partial charge in [0.2, 0.25) is 0 Å². The zero-order chi connectivity index (χ0) is 21.8. The van der Waals surface area contributed by atoms with Crippen LogP contribution in [0.2, 0.25) is 0 Å². The van der Waals surface area contributed by atoms with Crippen LogP contribution in [-0.4, -0.2) is 41.1 Å². The van der Waals surface area contributed by atoms with Crippen molar-refractivity contribution in [1.82, 2.24) is 14.9 Å². The molecule has 0 bridgehead atoms. The van der Waals surface area contributed by atoms with E-state index in [1.807, 2.05) is 6.20 Å². The lowest BCUT2D eigenvalue weighted by molar-refractivity contribution is 0.238. The maximum absolute atomic E-state index is 5.94. The molecule has 0 atom stereocenters. The van der Waals surface area contributed by atoms with Gasteiger partial charge in [0.25, 0.3) is 0 Å². The van der Waals surface area contributed by atoms with Crippen molar-refractivity contribution in [3.63, 3.8) is 0 Å². The fourth-order valence-electron chi connectivity index (χ4n) is 4.42. The molecule has 0 amide bonds. The van der Waals surface area contributed by atoms with Gasteiger partial charge in [-0.3, -0.25) is 4.90 Å². The van der Waals surface area contributed by atoms with Crippen molar-refractivity contribution in [3.05, 3.63) is 77.1 Å². The summed E-state index contributed by atoms with van der Waals surface area (Å²) in [6.07, 6.45) is 6.34. The first-order valence-electron chi connectivity index (χ1n) is 11.6. The van der Waals surface area contributed by atoms with E-state index in [9.17, 15) is 0 Å². The molecule has 0 radical (unpaired) electrons. The molecule has 0 aliphatic carbocycles. The number of hydrogen-bond donors (Lipinski definition) is 0. The molecule has 4 nitrogen and oxygen atoms in total. The highest BCUT2D eigenvalue weighted by Crippen LogP contribution is 2.34. The Morgan fingerprint density at radius 3 is 2.62 bits per heavy atom. The van der Waals surface area contributed by atoms with Crippen molar-refractivity contribution in [3.8, 4) is 16.9 Å². The Morgan fingerprint density at radius 1 is 1.00 bits per heavy atom. The van der Waals surface area contributed by atoms with E-state index in [1.165, 1.54) is 48.2 Å². The van der Waals surface area contributed by atoms with Crippen LogP contribution in [0.15, 0.2) is 60.1 Å². The van der Waals surface area contributed by atoms with Gasteiger partial charge in [-0.05, 0) is 61.2 Å². The number of aromatic nitrogens is 2. The zero-order valence-corrected chi connectivity index (χ0v) is 19.4. The molecule has 3 heterocycles. The molecule has 1 aliphatic heterocycles. The summed E-state index contributed by atoms with van der Waals surface area (Å²) in [6.45, 7) is 6.39. The molecule has 0 unspecified atom stereocenters. The Kier molecular flexibility index (Phi) is 6.46. The van der Waals surface area contributed by atoms with E-state index in [0.29, 0.717) is 6.42 Å². The number of thiophene rings is 1. The van der Waals surface area contributed by atoms with Gasteiger partial charge < -0.3 is 4.74 Å². The van der Waals surface area contributed by atoms with E-state index < -0.39 is 0 Å². The normalized spacial score (nSPS) is 14.3. The van der Waals surface area contributed by atoms with Gasteiger partial charge in [0.15, 0.2) is 0 Å². The maximum Gasteiger partial charge on any atom is 0.133 e. The molecule has 2 aromatic heterocycles. The molecule has 5 rings (SSSR count). The lowest BCUT2D eigenvalue weighted by Crippen LogP contribution is -2.25. The van der Waals surface area contributed by atoms with Crippen molar-refractivity contribution in [2.24, 2.45) is 0 Å². The lowest BCUT2D eigenvalue weighted by Gasteiger charge is -2.15. The van der Waals surface area contributed by atoms with Gasteiger partial charge in [0.05, 0.1) is 10.2 Å². The number of fused-ring (bicyclic) bond motifs is 1. The molecule has 1 saturated heterocycles. The smallest absolute Gasteiger partial charge is 0.133 e. The first-order chi connectivity index (χ1) is 15.8. The van der Waals surface area contributed by atoms with Gasteiger partial charge >= 0.3 is 0 Å². The van der Waals surface area contributed by atoms with Gasteiger partial charge in [-0.25, -0.2) is 9.97 Å². The molecular formula is C27H29N3OS. The first kappa shape index (κ1) is 21.1. The molecule has 0 spiro atoms. The van der Waals surface area contributed by atoms with Gasteiger partial charge in [0.1, 0.15) is 18.2 Å². The van der Waals surface area contributed by atoms with E-state index in [4.69, 9.17) is 9.72 Å². The highest BCUT2D eigenvalue weighted by molar-refractivity contribution is 7.17. The molecular weight excluding hydrogens is 414 g/mol. The molecule has 2 aromatic carbocycles. The predicted octanol–water partition coefficient (Wildman–Crippen LogP) is 5.99. The van der Waals surface area contributed by atoms with Crippen molar-refractivity contribution in [1.29, 1.82) is 0 Å². The fourth-order valence-corrected chi connectivity index (χ4v) is 5.28. The predicted molar refractivity (Wildman–Crippen MR) is 133 cm³/mol. The molecule has 5 heteroatoms. The lowest BCUT2D eigenvalue weighted by atomic mass is 9.99. The second-order valence-electron chi connectivity index (χ2n) is 8.38. The number of rotatable bonds is 8. The van der Waals surface area contributed by atoms with Gasteiger partial charge in [-0.15, -0.1) is 11.3 Å². The van der Waals surface area contributed by atoms with E-state index >= 15 is 0 Å². The monoisotopic (exact) mass is 443 g/mol. The van der Waals surface area contributed by atoms with E-state index in [0.717, 1.165) is 41.4 Å². The molecule has 32 heavy (non-hydrogen) atoms. The Labute approximate surface area is 193 Å². The topological polar surface area (TPSA) is 38.2 Å². The minimum absolute atomic E-state index is 0.717. The summed E-state index contributed by atoms with van der Waals surface area (Å²) >= 11 is 1.72. The van der Waals surface area contributed by atoms with E-state index in [2.05, 4.69) is 70.7 Å². The highest BCUT2D eigenvalue weighted by Gasteiger charge is 2.13. The second-order valence-corrected chi connectivity index (χ2v) is 9.29. The SMILES string of the molecule is CCc1ccccc1-c1csc2cnc(Cc3ccc(OCCN4CCCC4)cc3)nc12. The van der Waals surface area contributed by atoms with Crippen LogP contribution in [-0.2, 0) is 12.8 Å². The minimum Gasteiger partial charge on any atom is -0.492 e. The third-order valence-corrected chi connectivity index (χ3v) is 7.12. The summed E-state index contributed by atoms with van der Waals surface area (Å²) < 4.78 is 7.07. The largest absolute Gasteiger partial charge is 0.492 e. The molecule has 0 saturated carbocycles. The van der Waals surface area contributed by atoms with Crippen molar-refractivity contribution >= 4 is 21.6 Å². The zero-order valence-electron chi connectivity index (χ0n) is 18.6. The van der Waals surface area contributed by atoms with Crippen molar-refractivity contribution in [2.45, 2.75) is 32.6 Å². The van der Waals surface area contributed by atoms with Crippen LogP contribution in [0.25, 0.3) is 21.3 Å². The molecule has 0 N–H and O–H groups in total. The highest BCUT2D eigenvalue weighted by atomic mass is 32.1. The molecule has 1 aliphatic rings. The van der Waals surface area contributed by atoms with Crippen LogP contribution in [0.5, 0.6) is 5.75 Å². The summed E-state index contributed by atoms with van der Waals surface area (Å²) in [7, 11) is 0. The average Bonchev–Trinajstić information content (AvgIpc) is 3.50. The van der Waals surface area contributed by atoms with E-state index in [1.54, 1.807) is 11.3 Å². The molecule has 164 valence electrons. The van der Waals surface area contributed by atoms with Crippen LogP contribution in [0.3, 0.4) is 0 Å². The quantitative estimate of drug-likeness (QED) is 0.335. The number of benzene rings is 2. The van der Waals surface area contributed by atoms with Crippen LogP contribution < -0.4 is 4.74 Å². The van der Waals surface area contributed by atoms with Gasteiger partial charge in [-0.2, -0.15) is 0 Å². The van der Waals surface area contributed by atoms with Gasteiger partial charge in [0, 0.05) is 30.1 Å². The summed E-state index contributed by atoms with van der Waals surface area (Å²) in [5.41, 5.74) is 6.10. The van der Waals surface area contributed by atoms with E-state index in [-0.39, 0.29) is 0 Å².